The Hall–Kier alpha value is -1.72. The van der Waals surface area contributed by atoms with Crippen LogP contribution in [0.3, 0.4) is 0 Å². The van der Waals surface area contributed by atoms with Gasteiger partial charge in [0.1, 0.15) is 23.1 Å². The average Bonchev–Trinajstić information content (AvgIpc) is 2.42. The highest BCUT2D eigenvalue weighted by Gasteiger charge is 2.18. The maximum atomic E-state index is 13.9. The number of anilines is 2. The van der Waals surface area contributed by atoms with Gasteiger partial charge in [-0.25, -0.2) is 14.4 Å². The van der Waals surface area contributed by atoms with Crippen molar-refractivity contribution < 1.29 is 9.50 Å². The first kappa shape index (κ1) is 13.7. The molecule has 0 unspecified atom stereocenters. The van der Waals surface area contributed by atoms with E-state index >= 15 is 0 Å². The highest BCUT2D eigenvalue weighted by atomic mass is 35.5. The summed E-state index contributed by atoms with van der Waals surface area (Å²) in [6.07, 6.45) is 1.29. The standard InChI is InChI=1S/C13H13ClFN3O/c1-2-18(11-6-4-3-5-10(11)15)13-9(7-19)12(14)16-8-17-13/h3-6,8,19H,2,7H2,1H3. The molecule has 0 spiro atoms. The molecule has 100 valence electrons. The van der Waals surface area contributed by atoms with Crippen LogP contribution in [0.1, 0.15) is 12.5 Å². The molecule has 1 heterocycles. The highest BCUT2D eigenvalue weighted by molar-refractivity contribution is 6.30. The summed E-state index contributed by atoms with van der Waals surface area (Å²) in [7, 11) is 0. The van der Waals surface area contributed by atoms with Crippen molar-refractivity contribution in [1.29, 1.82) is 0 Å². The van der Waals surface area contributed by atoms with Crippen molar-refractivity contribution in [3.8, 4) is 0 Å². The Morgan fingerprint density at radius 3 is 2.68 bits per heavy atom. The highest BCUT2D eigenvalue weighted by Crippen LogP contribution is 2.30. The molecule has 2 rings (SSSR count). The molecule has 19 heavy (non-hydrogen) atoms. The van der Waals surface area contributed by atoms with Gasteiger partial charge < -0.3 is 10.0 Å². The molecule has 0 atom stereocenters. The van der Waals surface area contributed by atoms with E-state index in [-0.39, 0.29) is 17.6 Å². The summed E-state index contributed by atoms with van der Waals surface area (Å²) in [6.45, 7) is 2.05. The van der Waals surface area contributed by atoms with Gasteiger partial charge in [0, 0.05) is 6.54 Å². The zero-order valence-corrected chi connectivity index (χ0v) is 11.1. The number of rotatable bonds is 4. The molecule has 0 amide bonds. The van der Waals surface area contributed by atoms with Crippen LogP contribution in [0, 0.1) is 5.82 Å². The molecule has 2 aromatic rings. The predicted molar refractivity (Wildman–Crippen MR) is 72.0 cm³/mol. The fraction of sp³-hybridized carbons (Fsp3) is 0.231. The van der Waals surface area contributed by atoms with Gasteiger partial charge in [0.2, 0.25) is 0 Å². The summed E-state index contributed by atoms with van der Waals surface area (Å²) in [5.74, 6) is 0.0538. The molecule has 0 saturated carbocycles. The van der Waals surface area contributed by atoms with Crippen molar-refractivity contribution in [2.75, 3.05) is 11.4 Å². The van der Waals surface area contributed by atoms with E-state index in [0.29, 0.717) is 23.6 Å². The second kappa shape index (κ2) is 5.95. The maximum absolute atomic E-state index is 13.9. The lowest BCUT2D eigenvalue weighted by molar-refractivity contribution is 0.281. The summed E-state index contributed by atoms with van der Waals surface area (Å²) in [6, 6.07) is 6.38. The van der Waals surface area contributed by atoms with Crippen LogP contribution in [0.25, 0.3) is 0 Å². The molecule has 0 saturated heterocycles. The summed E-state index contributed by atoms with van der Waals surface area (Å²) < 4.78 is 13.9. The van der Waals surface area contributed by atoms with Crippen LogP contribution in [0.2, 0.25) is 5.15 Å². The molecule has 0 aliphatic carbocycles. The molecule has 1 aromatic carbocycles. The molecule has 0 bridgehead atoms. The van der Waals surface area contributed by atoms with Gasteiger partial charge in [0.25, 0.3) is 0 Å². The molecule has 0 radical (unpaired) electrons. The molecule has 0 aliphatic heterocycles. The second-order valence-electron chi connectivity index (χ2n) is 3.82. The normalized spacial score (nSPS) is 10.5. The number of nitrogens with zero attached hydrogens (tertiary/aromatic N) is 3. The molecular formula is C13H13ClFN3O. The van der Waals surface area contributed by atoms with Gasteiger partial charge in [-0.2, -0.15) is 0 Å². The maximum Gasteiger partial charge on any atom is 0.146 e. The Labute approximate surface area is 115 Å². The Balaban J connectivity index is 2.55. The number of halogens is 2. The number of aliphatic hydroxyl groups excluding tert-OH is 1. The summed E-state index contributed by atoms with van der Waals surface area (Å²) in [5, 5.41) is 9.54. The van der Waals surface area contributed by atoms with E-state index in [2.05, 4.69) is 9.97 Å². The Kier molecular flexibility index (Phi) is 4.29. The first-order chi connectivity index (χ1) is 9.19. The fourth-order valence-electron chi connectivity index (χ4n) is 1.86. The van der Waals surface area contributed by atoms with Gasteiger partial charge in [-0.1, -0.05) is 23.7 Å². The third-order valence-corrected chi connectivity index (χ3v) is 3.07. The topological polar surface area (TPSA) is 49.2 Å². The van der Waals surface area contributed by atoms with Gasteiger partial charge in [-0.3, -0.25) is 0 Å². The van der Waals surface area contributed by atoms with Crippen LogP contribution in [-0.2, 0) is 6.61 Å². The number of hydrogen-bond acceptors (Lipinski definition) is 4. The molecule has 4 nitrogen and oxygen atoms in total. The Morgan fingerprint density at radius 1 is 1.32 bits per heavy atom. The zero-order valence-electron chi connectivity index (χ0n) is 10.3. The van der Waals surface area contributed by atoms with Gasteiger partial charge in [0.15, 0.2) is 0 Å². The molecule has 0 fully saturated rings. The van der Waals surface area contributed by atoms with E-state index in [1.54, 1.807) is 23.1 Å². The number of benzene rings is 1. The lowest BCUT2D eigenvalue weighted by atomic mass is 10.2. The van der Waals surface area contributed by atoms with Gasteiger partial charge >= 0.3 is 0 Å². The minimum Gasteiger partial charge on any atom is -0.391 e. The van der Waals surface area contributed by atoms with Crippen LogP contribution in [0.4, 0.5) is 15.9 Å². The predicted octanol–water partition coefficient (Wildman–Crippen LogP) is 2.92. The van der Waals surface area contributed by atoms with Crippen LogP contribution in [0.15, 0.2) is 30.6 Å². The first-order valence-corrected chi connectivity index (χ1v) is 6.19. The van der Waals surface area contributed by atoms with Crippen LogP contribution < -0.4 is 4.90 Å². The second-order valence-corrected chi connectivity index (χ2v) is 4.18. The average molecular weight is 282 g/mol. The smallest absolute Gasteiger partial charge is 0.146 e. The summed E-state index contributed by atoms with van der Waals surface area (Å²) in [5.41, 5.74) is 0.767. The Morgan fingerprint density at radius 2 is 2.05 bits per heavy atom. The van der Waals surface area contributed by atoms with Crippen molar-refractivity contribution in [1.82, 2.24) is 9.97 Å². The number of hydrogen-bond donors (Lipinski definition) is 1. The van der Waals surface area contributed by atoms with Crippen molar-refractivity contribution in [3.05, 3.63) is 47.1 Å². The van der Waals surface area contributed by atoms with E-state index in [4.69, 9.17) is 11.6 Å². The lowest BCUT2D eigenvalue weighted by Crippen LogP contribution is -2.20. The molecule has 0 aliphatic rings. The molecule has 1 N–H and O–H groups in total. The Bertz CT molecular complexity index is 580. The van der Waals surface area contributed by atoms with Crippen molar-refractivity contribution in [2.24, 2.45) is 0 Å². The van der Waals surface area contributed by atoms with Gasteiger partial charge in [0.05, 0.1) is 17.9 Å². The SMILES string of the molecule is CCN(c1ccccc1F)c1ncnc(Cl)c1CO. The van der Waals surface area contributed by atoms with Crippen LogP contribution in [0.5, 0.6) is 0 Å². The van der Waals surface area contributed by atoms with Crippen molar-refractivity contribution in [3.63, 3.8) is 0 Å². The minimum absolute atomic E-state index is 0.169. The lowest BCUT2D eigenvalue weighted by Gasteiger charge is -2.24. The van der Waals surface area contributed by atoms with E-state index < -0.39 is 0 Å². The van der Waals surface area contributed by atoms with E-state index in [9.17, 15) is 9.50 Å². The fourth-order valence-corrected chi connectivity index (χ4v) is 2.04. The minimum atomic E-state index is -0.358. The first-order valence-electron chi connectivity index (χ1n) is 5.81. The zero-order chi connectivity index (χ0) is 13.8. The monoisotopic (exact) mass is 281 g/mol. The van der Waals surface area contributed by atoms with Gasteiger partial charge in [-0.15, -0.1) is 0 Å². The number of aliphatic hydroxyl groups is 1. The molecule has 1 aromatic heterocycles. The van der Waals surface area contributed by atoms with Crippen LogP contribution >= 0.6 is 11.6 Å². The quantitative estimate of drug-likeness (QED) is 0.876. The summed E-state index contributed by atoms with van der Waals surface area (Å²) in [4.78, 5) is 9.57. The van der Waals surface area contributed by atoms with Crippen molar-refractivity contribution in [2.45, 2.75) is 13.5 Å². The summed E-state index contributed by atoms with van der Waals surface area (Å²) >= 11 is 5.93. The third-order valence-electron chi connectivity index (χ3n) is 2.74. The van der Waals surface area contributed by atoms with E-state index in [1.165, 1.54) is 12.4 Å². The largest absolute Gasteiger partial charge is 0.391 e. The number of para-hydroxylation sites is 1. The van der Waals surface area contributed by atoms with Crippen LogP contribution in [-0.4, -0.2) is 21.6 Å². The third kappa shape index (κ3) is 2.67. The van der Waals surface area contributed by atoms with Gasteiger partial charge in [-0.05, 0) is 19.1 Å². The van der Waals surface area contributed by atoms with Crippen molar-refractivity contribution >= 4 is 23.1 Å². The van der Waals surface area contributed by atoms with E-state index in [1.807, 2.05) is 6.92 Å². The molecule has 6 heteroatoms. The van der Waals surface area contributed by atoms with E-state index in [0.717, 1.165) is 0 Å². The number of aromatic nitrogens is 2. The molecular weight excluding hydrogens is 269 g/mol.